The number of halogens is 2. The molecule has 0 aliphatic carbocycles. The number of allylic oxidation sites excluding steroid dienone is 1. The average Bonchev–Trinajstić information content (AvgIpc) is 2.94. The first kappa shape index (κ1) is 27.8. The Kier molecular flexibility index (Phi) is 9.87. The van der Waals surface area contributed by atoms with Crippen LogP contribution in [0.25, 0.3) is 6.08 Å². The lowest BCUT2D eigenvalue weighted by atomic mass is 9.95. The van der Waals surface area contributed by atoms with E-state index in [1.807, 2.05) is 36.4 Å². The van der Waals surface area contributed by atoms with Crippen molar-refractivity contribution >= 4 is 52.7 Å². The lowest BCUT2D eigenvalue weighted by Gasteiger charge is -2.34. The zero-order valence-corrected chi connectivity index (χ0v) is 22.6. The first-order valence-electron chi connectivity index (χ1n) is 12.4. The van der Waals surface area contributed by atoms with E-state index in [-0.39, 0.29) is 33.9 Å². The molecule has 0 N–H and O–H groups in total. The molecular formula is C29H29Cl2N3O4. The van der Waals surface area contributed by atoms with Crippen molar-refractivity contribution in [2.45, 2.75) is 31.7 Å². The van der Waals surface area contributed by atoms with Gasteiger partial charge < -0.3 is 14.4 Å². The van der Waals surface area contributed by atoms with Crippen LogP contribution >= 0.6 is 23.2 Å². The molecular weight excluding hydrogens is 525 g/mol. The molecule has 1 aliphatic rings. The molecule has 0 spiro atoms. The molecule has 1 aromatic heterocycles. The second-order valence-corrected chi connectivity index (χ2v) is 9.75. The Labute approximate surface area is 232 Å². The Morgan fingerprint density at radius 2 is 1.71 bits per heavy atom. The van der Waals surface area contributed by atoms with Gasteiger partial charge in [0.2, 0.25) is 5.95 Å². The Balaban J connectivity index is 1.46. The smallest absolute Gasteiger partial charge is 0.309 e. The molecule has 3 aromatic rings. The van der Waals surface area contributed by atoms with Crippen molar-refractivity contribution in [3.63, 3.8) is 0 Å². The fourth-order valence-corrected chi connectivity index (χ4v) is 5.09. The third-order valence-corrected chi connectivity index (χ3v) is 7.06. The molecule has 0 saturated carbocycles. The van der Waals surface area contributed by atoms with Gasteiger partial charge in [0.05, 0.1) is 28.6 Å². The van der Waals surface area contributed by atoms with Crippen LogP contribution in [0.15, 0.2) is 67.0 Å². The number of esters is 1. The van der Waals surface area contributed by atoms with Crippen molar-refractivity contribution < 1.29 is 19.1 Å². The number of aromatic nitrogens is 2. The van der Waals surface area contributed by atoms with Gasteiger partial charge in [0, 0.05) is 43.8 Å². The van der Waals surface area contributed by atoms with Crippen LogP contribution in [-0.4, -0.2) is 48.1 Å². The van der Waals surface area contributed by atoms with Crippen molar-refractivity contribution in [2.75, 3.05) is 25.2 Å². The minimum atomic E-state index is -0.658. The van der Waals surface area contributed by atoms with E-state index in [1.165, 1.54) is 7.11 Å². The average molecular weight is 554 g/mol. The number of nitrogens with zero attached hydrogens (tertiary/aromatic N) is 3. The van der Waals surface area contributed by atoms with E-state index in [0.717, 1.165) is 24.1 Å². The maximum absolute atomic E-state index is 12.9. The molecule has 1 saturated heterocycles. The quantitative estimate of drug-likeness (QED) is 0.207. The number of methoxy groups -OCH3 is 1. The highest BCUT2D eigenvalue weighted by molar-refractivity contribution is 6.39. The predicted octanol–water partition coefficient (Wildman–Crippen LogP) is 6.57. The van der Waals surface area contributed by atoms with Crippen molar-refractivity contribution in [1.29, 1.82) is 0 Å². The summed E-state index contributed by atoms with van der Waals surface area (Å²) in [5.41, 5.74) is 2.18. The third kappa shape index (κ3) is 6.98. The van der Waals surface area contributed by atoms with E-state index in [9.17, 15) is 9.59 Å². The van der Waals surface area contributed by atoms with Crippen molar-refractivity contribution in [2.24, 2.45) is 5.92 Å². The van der Waals surface area contributed by atoms with Crippen LogP contribution in [0.2, 0.25) is 10.0 Å². The molecule has 2 aromatic carbocycles. The van der Waals surface area contributed by atoms with Crippen LogP contribution in [0, 0.1) is 5.92 Å². The van der Waals surface area contributed by atoms with E-state index < -0.39 is 11.9 Å². The van der Waals surface area contributed by atoms with Crippen LogP contribution < -0.4 is 4.90 Å². The second-order valence-electron chi connectivity index (χ2n) is 8.94. The summed E-state index contributed by atoms with van der Waals surface area (Å²) in [6.45, 7) is 1.42. The normalized spacial score (nSPS) is 14.8. The van der Waals surface area contributed by atoms with Gasteiger partial charge in [0.25, 0.3) is 0 Å². The first-order chi connectivity index (χ1) is 18.5. The van der Waals surface area contributed by atoms with Gasteiger partial charge in [-0.15, -0.1) is 0 Å². The molecule has 0 bridgehead atoms. The number of anilines is 2. The molecule has 4 rings (SSSR count). The van der Waals surface area contributed by atoms with E-state index in [4.69, 9.17) is 32.7 Å². The predicted molar refractivity (Wildman–Crippen MR) is 149 cm³/mol. The monoisotopic (exact) mass is 553 g/mol. The van der Waals surface area contributed by atoms with Gasteiger partial charge in [-0.3, -0.25) is 9.59 Å². The Bertz CT molecular complexity index is 1240. The van der Waals surface area contributed by atoms with Gasteiger partial charge in [0.1, 0.15) is 0 Å². The number of carbonyl (C=O) groups is 2. The third-order valence-electron chi connectivity index (χ3n) is 6.43. The highest BCUT2D eigenvalue weighted by Crippen LogP contribution is 2.30. The van der Waals surface area contributed by atoms with Gasteiger partial charge in [-0.25, -0.2) is 9.97 Å². The van der Waals surface area contributed by atoms with Gasteiger partial charge >= 0.3 is 5.97 Å². The van der Waals surface area contributed by atoms with Crippen LogP contribution in [0.5, 0.6) is 0 Å². The fourth-order valence-electron chi connectivity index (χ4n) is 4.48. The zero-order chi connectivity index (χ0) is 26.9. The summed E-state index contributed by atoms with van der Waals surface area (Å²) >= 11 is 12.4. The van der Waals surface area contributed by atoms with Gasteiger partial charge in [-0.05, 0) is 55.2 Å². The highest BCUT2D eigenvalue weighted by Gasteiger charge is 2.26. The number of carbonyl (C=O) groups excluding carboxylic acids is 2. The number of ketones is 1. The number of hydrogen-bond donors (Lipinski definition) is 0. The molecule has 0 radical (unpaired) electrons. The Morgan fingerprint density at radius 3 is 2.34 bits per heavy atom. The molecule has 2 heterocycles. The summed E-state index contributed by atoms with van der Waals surface area (Å²) in [5, 5.41) is 0.523. The van der Waals surface area contributed by atoms with Gasteiger partial charge in [0.15, 0.2) is 5.78 Å². The number of Topliss-reactive ketones (excluding diaryl/α,β-unsaturated/α-hetero) is 1. The summed E-state index contributed by atoms with van der Waals surface area (Å²) < 4.78 is 10.5. The van der Waals surface area contributed by atoms with E-state index >= 15 is 0 Å². The van der Waals surface area contributed by atoms with E-state index in [1.54, 1.807) is 36.7 Å². The maximum Gasteiger partial charge on any atom is 0.309 e. The lowest BCUT2D eigenvalue weighted by Crippen LogP contribution is -2.37. The summed E-state index contributed by atoms with van der Waals surface area (Å²) in [7, 11) is 1.31. The number of benzene rings is 2. The molecule has 1 atom stereocenters. The zero-order valence-electron chi connectivity index (χ0n) is 21.1. The largest absolute Gasteiger partial charge is 0.469 e. The topological polar surface area (TPSA) is 81.6 Å². The van der Waals surface area contributed by atoms with Crippen LogP contribution in [0.4, 0.5) is 11.6 Å². The second kappa shape index (κ2) is 13.5. The number of rotatable bonds is 10. The number of ether oxygens (including phenoxy) is 2. The summed E-state index contributed by atoms with van der Waals surface area (Å²) in [6.07, 6.45) is 9.34. The molecule has 9 heteroatoms. The number of hydrogen-bond acceptors (Lipinski definition) is 7. The molecule has 198 valence electrons. The lowest BCUT2D eigenvalue weighted by molar-refractivity contribution is -0.145. The van der Waals surface area contributed by atoms with Crippen molar-refractivity contribution in [3.8, 4) is 0 Å². The van der Waals surface area contributed by atoms with E-state index in [2.05, 4.69) is 14.9 Å². The SMILES string of the molecule is COC(=O)C(C/C=C/c1ccc(N(c2ncccn2)C2CCOCC2)cc1)CC(=O)c1c(Cl)cccc1Cl. The fraction of sp³-hybridized carbons (Fsp3) is 0.310. The van der Waals surface area contributed by atoms with Gasteiger partial charge in [-0.2, -0.15) is 0 Å². The molecule has 38 heavy (non-hydrogen) atoms. The van der Waals surface area contributed by atoms with Crippen molar-refractivity contribution in [1.82, 2.24) is 9.97 Å². The summed E-state index contributed by atoms with van der Waals surface area (Å²) in [5.74, 6) is -0.761. The highest BCUT2D eigenvalue weighted by atomic mass is 35.5. The molecule has 7 nitrogen and oxygen atoms in total. The molecule has 1 aliphatic heterocycles. The standard InChI is InChI=1S/C29H29Cl2N3O4/c1-37-28(36)21(19-26(35)27-24(30)7-3-8-25(27)31)6-2-5-20-9-11-22(12-10-20)34(23-13-17-38-18-14-23)29-32-15-4-16-33-29/h2-5,7-12,15-16,21,23H,6,13-14,17-19H2,1H3/b5-2+. The molecule has 1 unspecified atom stereocenters. The molecule has 0 amide bonds. The minimum absolute atomic E-state index is 0.0590. The van der Waals surface area contributed by atoms with Gasteiger partial charge in [-0.1, -0.05) is 53.6 Å². The Morgan fingerprint density at radius 1 is 1.05 bits per heavy atom. The van der Waals surface area contributed by atoms with Crippen LogP contribution in [0.1, 0.15) is 41.6 Å². The molecule has 1 fully saturated rings. The summed E-state index contributed by atoms with van der Waals surface area (Å²) in [6, 6.07) is 15.0. The maximum atomic E-state index is 12.9. The first-order valence-corrected chi connectivity index (χ1v) is 13.2. The van der Waals surface area contributed by atoms with Crippen LogP contribution in [0.3, 0.4) is 0 Å². The van der Waals surface area contributed by atoms with Crippen LogP contribution in [-0.2, 0) is 14.3 Å². The van der Waals surface area contributed by atoms with E-state index in [0.29, 0.717) is 25.6 Å². The summed E-state index contributed by atoms with van der Waals surface area (Å²) in [4.78, 5) is 36.4. The Hall–Kier alpha value is -3.26. The van der Waals surface area contributed by atoms with Crippen molar-refractivity contribution in [3.05, 3.63) is 88.2 Å². The minimum Gasteiger partial charge on any atom is -0.469 e.